The summed E-state index contributed by atoms with van der Waals surface area (Å²) in [5.41, 5.74) is 5.04. The first-order valence-electron chi connectivity index (χ1n) is 8.56. The molecule has 21 heavy (non-hydrogen) atoms. The third kappa shape index (κ3) is 4.80. The second-order valence-corrected chi connectivity index (χ2v) is 6.33. The Morgan fingerprint density at radius 3 is 2.62 bits per heavy atom. The molecule has 1 aromatic rings. The van der Waals surface area contributed by atoms with Crippen LogP contribution in [0.1, 0.15) is 64.9 Å². The van der Waals surface area contributed by atoms with Crippen LogP contribution >= 0.6 is 0 Å². The minimum Gasteiger partial charge on any atom is -0.358 e. The molecule has 1 unspecified atom stereocenters. The van der Waals surface area contributed by atoms with Crippen molar-refractivity contribution in [3.63, 3.8) is 0 Å². The third-order valence-electron chi connectivity index (χ3n) is 4.30. The Labute approximate surface area is 130 Å². The monoisotopic (exact) mass is 286 g/mol. The molecule has 2 N–H and O–H groups in total. The highest BCUT2D eigenvalue weighted by Gasteiger charge is 2.12. The van der Waals surface area contributed by atoms with Gasteiger partial charge in [0.2, 0.25) is 0 Å². The van der Waals surface area contributed by atoms with Crippen molar-refractivity contribution < 1.29 is 0 Å². The van der Waals surface area contributed by atoms with Crippen LogP contribution in [-0.4, -0.2) is 0 Å². The van der Waals surface area contributed by atoms with Gasteiger partial charge in [-0.15, -0.1) is 0 Å². The van der Waals surface area contributed by atoms with E-state index >= 15 is 0 Å². The lowest BCUT2D eigenvalue weighted by Gasteiger charge is -2.21. The van der Waals surface area contributed by atoms with Gasteiger partial charge in [0.1, 0.15) is 0 Å². The summed E-state index contributed by atoms with van der Waals surface area (Å²) in [5, 5.41) is 6.79. The molecular formula is C19H30N2. The summed E-state index contributed by atoms with van der Waals surface area (Å²) in [6.45, 7) is 6.68. The first kappa shape index (κ1) is 15.9. The molecule has 116 valence electrons. The topological polar surface area (TPSA) is 24.1 Å². The number of unbranched alkanes of at least 4 members (excludes halogenated alkanes) is 2. The van der Waals surface area contributed by atoms with Crippen molar-refractivity contribution >= 4 is 11.4 Å². The molecular weight excluding hydrogens is 256 g/mol. The summed E-state index contributed by atoms with van der Waals surface area (Å²) >= 11 is 0. The highest BCUT2D eigenvalue weighted by atomic mass is 15.0. The molecule has 2 heteroatoms. The molecule has 1 aliphatic heterocycles. The van der Waals surface area contributed by atoms with Crippen LogP contribution in [0.3, 0.4) is 0 Å². The lowest BCUT2D eigenvalue weighted by molar-refractivity contribution is 0.422. The molecule has 0 saturated heterocycles. The lowest BCUT2D eigenvalue weighted by atomic mass is 9.90. The smallest absolute Gasteiger partial charge is 0.0624 e. The van der Waals surface area contributed by atoms with Crippen molar-refractivity contribution in [3.05, 3.63) is 35.7 Å². The fourth-order valence-electron chi connectivity index (χ4n) is 3.16. The average Bonchev–Trinajstić information content (AvgIpc) is 2.47. The summed E-state index contributed by atoms with van der Waals surface area (Å²) in [4.78, 5) is 0. The van der Waals surface area contributed by atoms with Crippen LogP contribution in [0.15, 0.2) is 30.1 Å². The Balaban J connectivity index is 1.98. The summed E-state index contributed by atoms with van der Waals surface area (Å²) in [6.07, 6.45) is 11.3. The van der Waals surface area contributed by atoms with Crippen LogP contribution in [0, 0.1) is 5.92 Å². The van der Waals surface area contributed by atoms with E-state index in [0.717, 1.165) is 5.92 Å². The number of hydrogen-bond acceptors (Lipinski definition) is 2. The fraction of sp³-hybridized carbons (Fsp3) is 0.579. The number of benzene rings is 1. The molecule has 0 amide bonds. The number of hydrogen-bond donors (Lipinski definition) is 2. The van der Waals surface area contributed by atoms with Gasteiger partial charge >= 0.3 is 0 Å². The van der Waals surface area contributed by atoms with Crippen LogP contribution in [-0.2, 0) is 6.42 Å². The maximum Gasteiger partial charge on any atom is 0.0624 e. The highest BCUT2D eigenvalue weighted by Crippen LogP contribution is 2.30. The molecule has 1 aliphatic rings. The van der Waals surface area contributed by atoms with Gasteiger partial charge in [-0.2, -0.15) is 0 Å². The minimum absolute atomic E-state index is 0.841. The van der Waals surface area contributed by atoms with Crippen LogP contribution in [0.25, 0.3) is 0 Å². The van der Waals surface area contributed by atoms with E-state index in [-0.39, 0.29) is 0 Å². The molecule has 0 bridgehead atoms. The zero-order valence-corrected chi connectivity index (χ0v) is 13.8. The Morgan fingerprint density at radius 2 is 1.86 bits per heavy atom. The second-order valence-electron chi connectivity index (χ2n) is 6.33. The van der Waals surface area contributed by atoms with Gasteiger partial charge in [0.25, 0.3) is 0 Å². The van der Waals surface area contributed by atoms with E-state index in [2.05, 4.69) is 49.6 Å². The molecule has 1 heterocycles. The van der Waals surface area contributed by atoms with Crippen LogP contribution in [0.5, 0.6) is 0 Å². The van der Waals surface area contributed by atoms with E-state index < -0.39 is 0 Å². The zero-order chi connectivity index (χ0) is 15.1. The number of rotatable bonds is 8. The highest BCUT2D eigenvalue weighted by molar-refractivity contribution is 5.74. The Morgan fingerprint density at radius 1 is 1.00 bits per heavy atom. The maximum absolute atomic E-state index is 3.46. The normalized spacial score (nSPS) is 14.7. The molecule has 2 rings (SSSR count). The van der Waals surface area contributed by atoms with Gasteiger partial charge in [0.15, 0.2) is 0 Å². The van der Waals surface area contributed by atoms with Crippen molar-refractivity contribution in [2.45, 2.75) is 65.7 Å². The minimum atomic E-state index is 0.841. The molecule has 0 spiro atoms. The van der Waals surface area contributed by atoms with Gasteiger partial charge in [0.05, 0.1) is 11.4 Å². The van der Waals surface area contributed by atoms with Gasteiger partial charge in [0, 0.05) is 11.9 Å². The summed E-state index contributed by atoms with van der Waals surface area (Å²) in [5.74, 6) is 0.841. The molecule has 1 atom stereocenters. The predicted molar refractivity (Wildman–Crippen MR) is 93.7 cm³/mol. The average molecular weight is 286 g/mol. The number of anilines is 2. The Hall–Kier alpha value is -1.44. The Bertz CT molecular complexity index is 476. The van der Waals surface area contributed by atoms with Crippen LogP contribution in [0.4, 0.5) is 11.4 Å². The molecule has 0 aromatic heterocycles. The summed E-state index contributed by atoms with van der Waals surface area (Å²) < 4.78 is 0. The molecule has 1 aromatic carbocycles. The van der Waals surface area contributed by atoms with Crippen molar-refractivity contribution in [2.75, 3.05) is 10.6 Å². The fourth-order valence-corrected chi connectivity index (χ4v) is 3.16. The SMILES string of the molecule is CCCCCC(CCC)Cc1ccc2c(c1)NC(C)=CN2. The van der Waals surface area contributed by atoms with E-state index in [9.17, 15) is 0 Å². The first-order valence-corrected chi connectivity index (χ1v) is 8.56. The number of allylic oxidation sites excluding steroid dienone is 1. The first-order chi connectivity index (χ1) is 10.2. The van der Waals surface area contributed by atoms with Gasteiger partial charge in [-0.1, -0.05) is 58.4 Å². The predicted octanol–water partition coefficient (Wildman–Crippen LogP) is 5.92. The second kappa shape index (κ2) is 8.11. The van der Waals surface area contributed by atoms with E-state index in [1.54, 1.807) is 0 Å². The van der Waals surface area contributed by atoms with E-state index in [4.69, 9.17) is 0 Å². The van der Waals surface area contributed by atoms with Gasteiger partial charge < -0.3 is 10.6 Å². The Kier molecular flexibility index (Phi) is 6.16. The summed E-state index contributed by atoms with van der Waals surface area (Å²) in [6, 6.07) is 6.81. The van der Waals surface area contributed by atoms with E-state index in [1.165, 1.54) is 67.6 Å². The molecule has 0 radical (unpaired) electrons. The molecule has 0 fully saturated rings. The van der Waals surface area contributed by atoms with Crippen molar-refractivity contribution in [3.8, 4) is 0 Å². The van der Waals surface area contributed by atoms with Gasteiger partial charge in [-0.3, -0.25) is 0 Å². The van der Waals surface area contributed by atoms with Crippen LogP contribution < -0.4 is 10.6 Å². The van der Waals surface area contributed by atoms with Crippen molar-refractivity contribution in [1.82, 2.24) is 0 Å². The lowest BCUT2D eigenvalue weighted by Crippen LogP contribution is -2.09. The quantitative estimate of drug-likeness (QED) is 0.579. The van der Waals surface area contributed by atoms with E-state index in [0.29, 0.717) is 0 Å². The maximum atomic E-state index is 3.46. The van der Waals surface area contributed by atoms with E-state index in [1.807, 2.05) is 6.20 Å². The van der Waals surface area contributed by atoms with Gasteiger partial charge in [-0.05, 0) is 37.0 Å². The molecule has 2 nitrogen and oxygen atoms in total. The third-order valence-corrected chi connectivity index (χ3v) is 4.30. The number of fused-ring (bicyclic) bond motifs is 1. The standard InChI is InChI=1S/C19H30N2/c1-4-6-7-9-16(8-5-2)12-17-10-11-18-19(13-17)21-15(3)14-20-18/h10-11,13-14,16,20-21H,4-9,12H2,1-3H3. The van der Waals surface area contributed by atoms with Crippen LogP contribution in [0.2, 0.25) is 0 Å². The van der Waals surface area contributed by atoms with Gasteiger partial charge in [-0.25, -0.2) is 0 Å². The van der Waals surface area contributed by atoms with Crippen molar-refractivity contribution in [2.24, 2.45) is 5.92 Å². The zero-order valence-electron chi connectivity index (χ0n) is 13.8. The number of nitrogens with one attached hydrogen (secondary N) is 2. The summed E-state index contributed by atoms with van der Waals surface area (Å²) in [7, 11) is 0. The largest absolute Gasteiger partial charge is 0.358 e. The molecule has 0 aliphatic carbocycles. The van der Waals surface area contributed by atoms with Crippen molar-refractivity contribution in [1.29, 1.82) is 0 Å². The molecule has 0 saturated carbocycles.